The maximum Gasteiger partial charge on any atom is 0.223 e. The Bertz CT molecular complexity index is 1170. The Morgan fingerprint density at radius 2 is 1.97 bits per heavy atom. The minimum Gasteiger partial charge on any atom is -0.425 e. The van der Waals surface area contributed by atoms with Gasteiger partial charge in [-0.2, -0.15) is 0 Å². The van der Waals surface area contributed by atoms with Crippen molar-refractivity contribution in [1.82, 2.24) is 25.1 Å². The summed E-state index contributed by atoms with van der Waals surface area (Å²) in [4.78, 5) is 22.7. The van der Waals surface area contributed by atoms with Crippen LogP contribution in [0.4, 0.5) is 0 Å². The molecule has 1 fully saturated rings. The molecule has 0 radical (unpaired) electrons. The number of hydrogen-bond donors (Lipinski definition) is 1. The highest BCUT2D eigenvalue weighted by Crippen LogP contribution is 2.30. The van der Waals surface area contributed by atoms with Crippen molar-refractivity contribution in [2.45, 2.75) is 44.6 Å². The highest BCUT2D eigenvalue weighted by molar-refractivity contribution is 5.83. The summed E-state index contributed by atoms with van der Waals surface area (Å²) >= 11 is 0. The molecule has 4 aromatic rings. The van der Waals surface area contributed by atoms with Crippen LogP contribution < -0.4 is 0 Å². The fourth-order valence-corrected chi connectivity index (χ4v) is 4.37. The number of pyridine rings is 1. The highest BCUT2D eigenvalue weighted by Gasteiger charge is 2.28. The monoisotopic (exact) mass is 415 g/mol. The van der Waals surface area contributed by atoms with Gasteiger partial charge in [0.25, 0.3) is 0 Å². The summed E-state index contributed by atoms with van der Waals surface area (Å²) < 4.78 is 5.84. The lowest BCUT2D eigenvalue weighted by Gasteiger charge is -2.35. The first-order valence-electron chi connectivity index (χ1n) is 10.8. The van der Waals surface area contributed by atoms with Gasteiger partial charge in [0.15, 0.2) is 0 Å². The van der Waals surface area contributed by atoms with E-state index in [-0.39, 0.29) is 11.9 Å². The van der Waals surface area contributed by atoms with E-state index in [2.05, 4.69) is 26.2 Å². The summed E-state index contributed by atoms with van der Waals surface area (Å²) in [6.45, 7) is 0.774. The zero-order valence-electron chi connectivity index (χ0n) is 17.3. The first kappa shape index (κ1) is 19.5. The van der Waals surface area contributed by atoms with Crippen LogP contribution in [-0.2, 0) is 17.6 Å². The van der Waals surface area contributed by atoms with Gasteiger partial charge < -0.3 is 14.3 Å². The van der Waals surface area contributed by atoms with Crippen molar-refractivity contribution >= 4 is 16.8 Å². The van der Waals surface area contributed by atoms with E-state index in [0.29, 0.717) is 31.0 Å². The second kappa shape index (κ2) is 8.71. The third-order valence-corrected chi connectivity index (χ3v) is 5.93. The van der Waals surface area contributed by atoms with Crippen LogP contribution in [0.3, 0.4) is 0 Å². The number of hydrogen-bond acceptors (Lipinski definition) is 5. The van der Waals surface area contributed by atoms with Crippen molar-refractivity contribution in [3.05, 3.63) is 77.9 Å². The first-order valence-corrected chi connectivity index (χ1v) is 10.8. The molecule has 5 rings (SSSR count). The van der Waals surface area contributed by atoms with Crippen molar-refractivity contribution in [2.75, 3.05) is 6.54 Å². The Kier molecular flexibility index (Phi) is 5.48. The zero-order valence-corrected chi connectivity index (χ0v) is 17.3. The number of H-pyrrole nitrogens is 1. The number of nitrogens with one attached hydrogen (secondary N) is 1. The molecular formula is C24H25N5O2. The van der Waals surface area contributed by atoms with Gasteiger partial charge in [-0.05, 0) is 43.0 Å². The zero-order chi connectivity index (χ0) is 21.0. The van der Waals surface area contributed by atoms with Gasteiger partial charge in [-0.1, -0.05) is 24.3 Å². The van der Waals surface area contributed by atoms with Crippen LogP contribution >= 0.6 is 0 Å². The topological polar surface area (TPSA) is 87.9 Å². The van der Waals surface area contributed by atoms with E-state index in [4.69, 9.17) is 4.42 Å². The molecule has 158 valence electrons. The number of amides is 1. The summed E-state index contributed by atoms with van der Waals surface area (Å²) in [5.74, 6) is 1.19. The van der Waals surface area contributed by atoms with E-state index < -0.39 is 0 Å². The number of rotatable bonds is 6. The quantitative estimate of drug-likeness (QED) is 0.509. The van der Waals surface area contributed by atoms with E-state index in [0.717, 1.165) is 48.0 Å². The largest absolute Gasteiger partial charge is 0.425 e. The number of piperidine rings is 1. The third kappa shape index (κ3) is 4.21. The molecule has 3 aromatic heterocycles. The minimum absolute atomic E-state index is 0.0579. The van der Waals surface area contributed by atoms with E-state index in [1.54, 1.807) is 6.20 Å². The fraction of sp³-hybridized carbons (Fsp3) is 0.333. The predicted octanol–water partition coefficient (Wildman–Crippen LogP) is 4.22. The van der Waals surface area contributed by atoms with Crippen LogP contribution in [0, 0.1) is 0 Å². The number of fused-ring (bicyclic) bond motifs is 1. The van der Waals surface area contributed by atoms with Gasteiger partial charge in [-0.25, -0.2) is 0 Å². The Morgan fingerprint density at radius 1 is 1.10 bits per heavy atom. The average Bonchev–Trinajstić information content (AvgIpc) is 3.45. The Hall–Kier alpha value is -3.48. The van der Waals surface area contributed by atoms with Gasteiger partial charge in [-0.15, -0.1) is 10.2 Å². The molecule has 1 saturated heterocycles. The molecule has 7 nitrogen and oxygen atoms in total. The van der Waals surface area contributed by atoms with Crippen LogP contribution in [-0.4, -0.2) is 37.5 Å². The maximum atomic E-state index is 13.0. The molecular weight excluding hydrogens is 390 g/mol. The Morgan fingerprint density at radius 3 is 2.87 bits per heavy atom. The molecule has 0 saturated carbocycles. The lowest BCUT2D eigenvalue weighted by molar-refractivity contribution is -0.135. The summed E-state index contributed by atoms with van der Waals surface area (Å²) in [5.41, 5.74) is 3.18. The number of para-hydroxylation sites is 1. The van der Waals surface area contributed by atoms with Crippen molar-refractivity contribution < 1.29 is 9.21 Å². The normalized spacial score (nSPS) is 16.6. The molecule has 1 N–H and O–H groups in total. The summed E-state index contributed by atoms with van der Waals surface area (Å²) in [7, 11) is 0. The van der Waals surface area contributed by atoms with E-state index in [9.17, 15) is 4.79 Å². The van der Waals surface area contributed by atoms with Crippen LogP contribution in [0.25, 0.3) is 10.9 Å². The molecule has 0 bridgehead atoms. The van der Waals surface area contributed by atoms with E-state index in [1.807, 2.05) is 47.5 Å². The highest BCUT2D eigenvalue weighted by atomic mass is 16.4. The summed E-state index contributed by atoms with van der Waals surface area (Å²) in [6, 6.07) is 14.1. The van der Waals surface area contributed by atoms with Crippen LogP contribution in [0.2, 0.25) is 0 Å². The molecule has 0 spiro atoms. The standard InChI is InChI=1S/C24H25N5O2/c30-24(29-14-6-4-10-21(29)20-9-3-5-13-25-20)12-11-22-27-28-23(31-22)15-17-16-26-19-8-2-1-7-18(17)19/h1-3,5,7-9,13,16,21,26H,4,6,10-12,14-15H2. The van der Waals surface area contributed by atoms with Crippen LogP contribution in [0.5, 0.6) is 0 Å². The average molecular weight is 415 g/mol. The number of aryl methyl sites for hydroxylation is 1. The second-order valence-corrected chi connectivity index (χ2v) is 7.98. The molecule has 1 amide bonds. The molecule has 1 aromatic carbocycles. The molecule has 1 unspecified atom stereocenters. The maximum absolute atomic E-state index is 13.0. The second-order valence-electron chi connectivity index (χ2n) is 7.98. The van der Waals surface area contributed by atoms with Crippen LogP contribution in [0.15, 0.2) is 59.3 Å². The number of likely N-dealkylation sites (tertiary alicyclic amines) is 1. The Labute approximate surface area is 180 Å². The van der Waals surface area contributed by atoms with Crippen molar-refractivity contribution in [3.8, 4) is 0 Å². The van der Waals surface area contributed by atoms with Crippen molar-refractivity contribution in [2.24, 2.45) is 0 Å². The van der Waals surface area contributed by atoms with E-state index >= 15 is 0 Å². The first-order chi connectivity index (χ1) is 15.3. The molecule has 1 atom stereocenters. The summed E-state index contributed by atoms with van der Waals surface area (Å²) in [6.07, 6.45) is 8.25. The SMILES string of the molecule is O=C(CCc1nnc(Cc2c[nH]c3ccccc23)o1)N1CCCCC1c1ccccn1. The van der Waals surface area contributed by atoms with Gasteiger partial charge in [-0.3, -0.25) is 9.78 Å². The minimum atomic E-state index is 0.0579. The predicted molar refractivity (Wildman–Crippen MR) is 116 cm³/mol. The molecule has 1 aliphatic rings. The van der Waals surface area contributed by atoms with E-state index in [1.165, 1.54) is 0 Å². The molecule has 4 heterocycles. The lowest BCUT2D eigenvalue weighted by atomic mass is 9.98. The molecule has 7 heteroatoms. The van der Waals surface area contributed by atoms with Gasteiger partial charge in [0.1, 0.15) is 0 Å². The molecule has 1 aliphatic heterocycles. The number of carbonyl (C=O) groups excluding carboxylic acids is 1. The van der Waals surface area contributed by atoms with Gasteiger partial charge >= 0.3 is 0 Å². The van der Waals surface area contributed by atoms with Crippen LogP contribution in [0.1, 0.15) is 54.8 Å². The number of aromatic nitrogens is 4. The third-order valence-electron chi connectivity index (χ3n) is 5.93. The molecule has 0 aliphatic carbocycles. The number of aromatic amines is 1. The van der Waals surface area contributed by atoms with Crippen molar-refractivity contribution in [1.29, 1.82) is 0 Å². The van der Waals surface area contributed by atoms with Crippen molar-refractivity contribution in [3.63, 3.8) is 0 Å². The smallest absolute Gasteiger partial charge is 0.223 e. The number of benzene rings is 1. The summed E-state index contributed by atoms with van der Waals surface area (Å²) in [5, 5.41) is 9.50. The van der Waals surface area contributed by atoms with Gasteiger partial charge in [0, 0.05) is 42.7 Å². The lowest BCUT2D eigenvalue weighted by Crippen LogP contribution is -2.39. The van der Waals surface area contributed by atoms with Gasteiger partial charge in [0.2, 0.25) is 17.7 Å². The molecule has 31 heavy (non-hydrogen) atoms. The number of carbonyl (C=O) groups is 1. The van der Waals surface area contributed by atoms with Gasteiger partial charge in [0.05, 0.1) is 18.2 Å². The fourth-order valence-electron chi connectivity index (χ4n) is 4.37. The Balaban J connectivity index is 1.22. The number of nitrogens with zero attached hydrogens (tertiary/aromatic N) is 4.